The van der Waals surface area contributed by atoms with Gasteiger partial charge in [0.1, 0.15) is 11.6 Å². The predicted molar refractivity (Wildman–Crippen MR) is 101 cm³/mol. The summed E-state index contributed by atoms with van der Waals surface area (Å²) in [7, 11) is 0. The number of amides is 1. The van der Waals surface area contributed by atoms with E-state index in [-0.39, 0.29) is 29.2 Å². The van der Waals surface area contributed by atoms with E-state index in [0.29, 0.717) is 29.7 Å². The Bertz CT molecular complexity index is 878. The summed E-state index contributed by atoms with van der Waals surface area (Å²) in [6.07, 6.45) is 2.93. The Balaban J connectivity index is 1.62. The lowest BCUT2D eigenvalue weighted by molar-refractivity contribution is -0.137. The molecule has 2 atom stereocenters. The molecule has 142 valence electrons. The van der Waals surface area contributed by atoms with Crippen LogP contribution < -0.4 is 5.73 Å². The van der Waals surface area contributed by atoms with Gasteiger partial charge in [-0.2, -0.15) is 0 Å². The van der Waals surface area contributed by atoms with Crippen LogP contribution in [0, 0.1) is 17.0 Å². The molecule has 1 aliphatic heterocycles. The Morgan fingerprint density at radius 2 is 1.96 bits per heavy atom. The summed E-state index contributed by atoms with van der Waals surface area (Å²) >= 11 is 0. The molecule has 2 fully saturated rings. The van der Waals surface area contributed by atoms with Gasteiger partial charge in [-0.05, 0) is 48.9 Å². The third kappa shape index (κ3) is 3.36. The molecule has 1 heterocycles. The van der Waals surface area contributed by atoms with Gasteiger partial charge < -0.3 is 10.6 Å². The van der Waals surface area contributed by atoms with Gasteiger partial charge >= 0.3 is 0 Å². The molecule has 3 nitrogen and oxygen atoms in total. The normalized spacial score (nSPS) is 23.5. The minimum atomic E-state index is -0.399. The molecule has 0 bridgehead atoms. The van der Waals surface area contributed by atoms with E-state index in [1.165, 1.54) is 12.1 Å². The molecule has 27 heavy (non-hydrogen) atoms. The zero-order valence-electron chi connectivity index (χ0n) is 15.4. The number of hydrogen-bond donors (Lipinski definition) is 1. The van der Waals surface area contributed by atoms with Gasteiger partial charge in [-0.25, -0.2) is 8.78 Å². The molecular formula is C22H24F2N2O. The summed E-state index contributed by atoms with van der Waals surface area (Å²) in [6.45, 7) is 2.62. The number of carbonyl (C=O) groups excluding carboxylic acids is 1. The second-order valence-corrected chi connectivity index (χ2v) is 8.07. The number of rotatable bonds is 4. The fourth-order valence-electron chi connectivity index (χ4n) is 3.98. The first-order valence-corrected chi connectivity index (χ1v) is 9.49. The molecule has 2 N–H and O–H groups in total. The average molecular weight is 370 g/mol. The van der Waals surface area contributed by atoms with Crippen molar-refractivity contribution in [1.29, 1.82) is 0 Å². The van der Waals surface area contributed by atoms with E-state index in [9.17, 15) is 9.18 Å². The number of benzene rings is 2. The van der Waals surface area contributed by atoms with Crippen molar-refractivity contribution in [1.82, 2.24) is 4.90 Å². The van der Waals surface area contributed by atoms with Crippen molar-refractivity contribution >= 4 is 5.91 Å². The molecule has 4 rings (SSSR count). The lowest BCUT2D eigenvalue weighted by Crippen LogP contribution is -2.46. The standard InChI is InChI=1S/C22H24F2N2O/c1-22(9-10-22)21(27)26-11-8-18(25)19(26)13-15-5-3-7-17(20(15)24)14-4-2-6-16(23)12-14/h2-7,12,18-19H,8-11,13,25H2,1H3. The van der Waals surface area contributed by atoms with E-state index < -0.39 is 5.82 Å². The Morgan fingerprint density at radius 1 is 1.22 bits per heavy atom. The molecule has 1 saturated heterocycles. The Kier molecular flexibility index (Phi) is 4.50. The molecule has 0 radical (unpaired) electrons. The van der Waals surface area contributed by atoms with Crippen LogP contribution in [0.1, 0.15) is 31.7 Å². The van der Waals surface area contributed by atoms with E-state index >= 15 is 4.39 Å². The lowest BCUT2D eigenvalue weighted by atomic mass is 9.95. The van der Waals surface area contributed by atoms with Gasteiger partial charge in [0.25, 0.3) is 0 Å². The fourth-order valence-corrected chi connectivity index (χ4v) is 3.98. The second-order valence-electron chi connectivity index (χ2n) is 8.07. The fraction of sp³-hybridized carbons (Fsp3) is 0.409. The minimum absolute atomic E-state index is 0.141. The number of likely N-dealkylation sites (tertiary alicyclic amines) is 1. The van der Waals surface area contributed by atoms with Gasteiger partial charge in [-0.15, -0.1) is 0 Å². The molecule has 0 aromatic heterocycles. The summed E-state index contributed by atoms with van der Waals surface area (Å²) in [6, 6.07) is 10.7. The van der Waals surface area contributed by atoms with Gasteiger partial charge in [-0.1, -0.05) is 37.3 Å². The third-order valence-electron chi connectivity index (χ3n) is 6.02. The zero-order chi connectivity index (χ0) is 19.2. The number of nitrogens with zero attached hydrogens (tertiary/aromatic N) is 1. The first-order chi connectivity index (χ1) is 12.9. The van der Waals surface area contributed by atoms with Crippen molar-refractivity contribution in [3.8, 4) is 11.1 Å². The Morgan fingerprint density at radius 3 is 2.67 bits per heavy atom. The highest BCUT2D eigenvalue weighted by molar-refractivity contribution is 5.85. The van der Waals surface area contributed by atoms with Crippen LogP contribution in [0.4, 0.5) is 8.78 Å². The maximum absolute atomic E-state index is 15.2. The zero-order valence-corrected chi connectivity index (χ0v) is 15.4. The van der Waals surface area contributed by atoms with E-state index in [0.717, 1.165) is 19.3 Å². The summed E-state index contributed by atoms with van der Waals surface area (Å²) in [5, 5.41) is 0. The largest absolute Gasteiger partial charge is 0.337 e. The van der Waals surface area contributed by atoms with Crippen molar-refractivity contribution in [2.45, 2.75) is 44.7 Å². The average Bonchev–Trinajstić information content (AvgIpc) is 3.30. The molecule has 1 aliphatic carbocycles. The van der Waals surface area contributed by atoms with Crippen LogP contribution in [0.3, 0.4) is 0 Å². The highest BCUT2D eigenvalue weighted by Crippen LogP contribution is 2.47. The van der Waals surface area contributed by atoms with Crippen molar-refractivity contribution in [2.75, 3.05) is 6.54 Å². The molecule has 1 saturated carbocycles. The first-order valence-electron chi connectivity index (χ1n) is 9.49. The topological polar surface area (TPSA) is 46.3 Å². The smallest absolute Gasteiger partial charge is 0.228 e. The van der Waals surface area contributed by atoms with Crippen molar-refractivity contribution in [3.63, 3.8) is 0 Å². The monoisotopic (exact) mass is 370 g/mol. The summed E-state index contributed by atoms with van der Waals surface area (Å²) < 4.78 is 28.7. The number of nitrogens with two attached hydrogens (primary N) is 1. The van der Waals surface area contributed by atoms with Crippen LogP contribution in [-0.2, 0) is 11.2 Å². The highest BCUT2D eigenvalue weighted by Gasteiger charge is 2.50. The summed E-state index contributed by atoms with van der Waals surface area (Å²) in [4.78, 5) is 14.7. The van der Waals surface area contributed by atoms with Crippen LogP contribution in [0.5, 0.6) is 0 Å². The Hall–Kier alpha value is -2.27. The lowest BCUT2D eigenvalue weighted by Gasteiger charge is -2.29. The van der Waals surface area contributed by atoms with Gasteiger partial charge in [0.2, 0.25) is 5.91 Å². The molecule has 5 heteroatoms. The molecule has 0 spiro atoms. The van der Waals surface area contributed by atoms with Gasteiger partial charge in [0.15, 0.2) is 0 Å². The van der Waals surface area contributed by atoms with E-state index in [2.05, 4.69) is 0 Å². The molecule has 2 aliphatic rings. The van der Waals surface area contributed by atoms with Crippen molar-refractivity contribution in [2.24, 2.45) is 11.1 Å². The van der Waals surface area contributed by atoms with Crippen molar-refractivity contribution in [3.05, 3.63) is 59.7 Å². The molecule has 2 aromatic rings. The maximum Gasteiger partial charge on any atom is 0.228 e. The molecular weight excluding hydrogens is 346 g/mol. The quantitative estimate of drug-likeness (QED) is 0.887. The van der Waals surface area contributed by atoms with Gasteiger partial charge in [0.05, 0.1) is 6.04 Å². The van der Waals surface area contributed by atoms with E-state index in [1.54, 1.807) is 30.3 Å². The molecule has 2 unspecified atom stereocenters. The SMILES string of the molecule is CC1(C(=O)N2CCC(N)C2Cc2cccc(-c3cccc(F)c3)c2F)CC1. The highest BCUT2D eigenvalue weighted by atomic mass is 19.1. The maximum atomic E-state index is 15.2. The van der Waals surface area contributed by atoms with Crippen LogP contribution in [0.25, 0.3) is 11.1 Å². The van der Waals surface area contributed by atoms with Crippen LogP contribution in [0.2, 0.25) is 0 Å². The van der Waals surface area contributed by atoms with E-state index in [1.807, 2.05) is 11.8 Å². The number of hydrogen-bond acceptors (Lipinski definition) is 2. The molecule has 1 amide bonds. The third-order valence-corrected chi connectivity index (χ3v) is 6.02. The summed E-state index contributed by atoms with van der Waals surface area (Å²) in [5.41, 5.74) is 7.39. The number of carbonyl (C=O) groups is 1. The van der Waals surface area contributed by atoms with Gasteiger partial charge in [0, 0.05) is 23.6 Å². The van der Waals surface area contributed by atoms with Crippen LogP contribution in [0.15, 0.2) is 42.5 Å². The van der Waals surface area contributed by atoms with Gasteiger partial charge in [-0.3, -0.25) is 4.79 Å². The molecule has 2 aromatic carbocycles. The van der Waals surface area contributed by atoms with Crippen LogP contribution in [-0.4, -0.2) is 29.4 Å². The van der Waals surface area contributed by atoms with Crippen LogP contribution >= 0.6 is 0 Å². The first kappa shape index (κ1) is 18.1. The minimum Gasteiger partial charge on any atom is -0.337 e. The number of halogens is 2. The Labute approximate surface area is 158 Å². The van der Waals surface area contributed by atoms with Crippen molar-refractivity contribution < 1.29 is 13.6 Å². The van der Waals surface area contributed by atoms with E-state index in [4.69, 9.17) is 5.73 Å². The summed E-state index contributed by atoms with van der Waals surface area (Å²) in [5.74, 6) is -0.626. The second kappa shape index (κ2) is 6.71. The predicted octanol–water partition coefficient (Wildman–Crippen LogP) is 3.90.